The van der Waals surface area contributed by atoms with Crippen molar-refractivity contribution >= 4 is 51.5 Å². The Kier molecular flexibility index (Phi) is 5.43. The highest BCUT2D eigenvalue weighted by atomic mass is 35.5. The fourth-order valence-electron chi connectivity index (χ4n) is 2.95. The molecule has 0 aliphatic carbocycles. The van der Waals surface area contributed by atoms with Crippen LogP contribution >= 0.6 is 23.2 Å². The number of H-pyrrole nitrogens is 1. The van der Waals surface area contributed by atoms with Gasteiger partial charge in [0.25, 0.3) is 5.56 Å². The Balaban J connectivity index is 1.53. The van der Waals surface area contributed by atoms with E-state index in [4.69, 9.17) is 28.9 Å². The van der Waals surface area contributed by atoms with Crippen molar-refractivity contribution in [2.24, 2.45) is 0 Å². The van der Waals surface area contributed by atoms with Crippen LogP contribution < -0.4 is 16.6 Å². The van der Waals surface area contributed by atoms with Gasteiger partial charge in [0.05, 0.1) is 27.6 Å². The van der Waals surface area contributed by atoms with Crippen molar-refractivity contribution in [1.29, 1.82) is 0 Å². The number of rotatable bonds is 5. The largest absolute Gasteiger partial charge is 0.396 e. The maximum Gasteiger partial charge on any atom is 0.262 e. The lowest BCUT2D eigenvalue weighted by atomic mass is 10.2. The monoisotopic (exact) mass is 442 g/mol. The first-order chi connectivity index (χ1) is 14.4. The number of amides is 1. The zero-order valence-corrected chi connectivity index (χ0v) is 17.0. The van der Waals surface area contributed by atoms with Gasteiger partial charge in [0, 0.05) is 18.5 Å². The van der Waals surface area contributed by atoms with Crippen molar-refractivity contribution in [2.45, 2.75) is 12.8 Å². The molecule has 0 fully saturated rings. The van der Waals surface area contributed by atoms with Crippen molar-refractivity contribution in [3.05, 3.63) is 74.9 Å². The number of hydrogen-bond donors (Lipinski definition) is 3. The highest BCUT2D eigenvalue weighted by Crippen LogP contribution is 2.31. The maximum absolute atomic E-state index is 12.4. The third kappa shape index (κ3) is 4.00. The number of nitrogens with zero attached hydrogens (tertiary/aromatic N) is 3. The zero-order valence-electron chi connectivity index (χ0n) is 15.5. The molecule has 0 radical (unpaired) electrons. The Hall–Kier alpha value is -3.36. The normalized spacial score (nSPS) is 11.0. The van der Waals surface area contributed by atoms with Gasteiger partial charge < -0.3 is 16.0 Å². The summed E-state index contributed by atoms with van der Waals surface area (Å²) in [4.78, 5) is 31.9. The van der Waals surface area contributed by atoms with E-state index in [9.17, 15) is 9.59 Å². The van der Waals surface area contributed by atoms with Crippen molar-refractivity contribution in [3.63, 3.8) is 0 Å². The fraction of sp³-hybridized carbons (Fsp3) is 0.100. The summed E-state index contributed by atoms with van der Waals surface area (Å²) in [5.74, 6) is 0.0971. The van der Waals surface area contributed by atoms with Gasteiger partial charge in [-0.1, -0.05) is 41.4 Å². The van der Waals surface area contributed by atoms with E-state index >= 15 is 0 Å². The standard InChI is InChI=1S/C20H16Cl2N6O2/c21-14-8-11(9-15(22)18(14)23)25-17(29)7-6-16-26-19-13(20(30)27-16)10-24-28(19)12-4-2-1-3-5-12/h1-5,8-10H,6-7,23H2,(H,25,29)(H,26,27,30). The molecule has 0 unspecified atom stereocenters. The van der Waals surface area contributed by atoms with E-state index in [1.165, 1.54) is 18.3 Å². The van der Waals surface area contributed by atoms with Crippen LogP contribution in [0.3, 0.4) is 0 Å². The summed E-state index contributed by atoms with van der Waals surface area (Å²) in [5.41, 5.74) is 7.28. The first kappa shape index (κ1) is 19.9. The smallest absolute Gasteiger partial charge is 0.262 e. The van der Waals surface area contributed by atoms with Crippen molar-refractivity contribution < 1.29 is 4.79 Å². The number of anilines is 2. The molecular weight excluding hydrogens is 427 g/mol. The molecule has 0 aliphatic rings. The molecule has 4 aromatic rings. The zero-order chi connectivity index (χ0) is 21.3. The van der Waals surface area contributed by atoms with E-state index in [1.54, 1.807) is 4.68 Å². The van der Waals surface area contributed by atoms with Gasteiger partial charge in [-0.2, -0.15) is 5.10 Å². The maximum atomic E-state index is 12.4. The van der Waals surface area contributed by atoms with E-state index in [1.807, 2.05) is 30.3 Å². The molecule has 1 amide bonds. The number of nitrogens with one attached hydrogen (secondary N) is 2. The molecule has 4 N–H and O–H groups in total. The molecule has 0 aliphatic heterocycles. The van der Waals surface area contributed by atoms with E-state index in [0.29, 0.717) is 22.5 Å². The molecule has 152 valence electrons. The molecule has 0 spiro atoms. The van der Waals surface area contributed by atoms with E-state index in [-0.39, 0.29) is 40.0 Å². The number of nitrogen functional groups attached to an aromatic ring is 1. The van der Waals surface area contributed by atoms with Crippen LogP contribution in [0.5, 0.6) is 0 Å². The average molecular weight is 443 g/mol. The molecule has 8 nitrogen and oxygen atoms in total. The SMILES string of the molecule is Nc1c(Cl)cc(NC(=O)CCc2nc3c(cnn3-c3ccccc3)c(=O)[nH]2)cc1Cl. The number of hydrogen-bond acceptors (Lipinski definition) is 5. The molecule has 0 atom stereocenters. The number of aryl methyl sites for hydroxylation is 1. The number of aromatic nitrogens is 4. The topological polar surface area (TPSA) is 119 Å². The summed E-state index contributed by atoms with van der Waals surface area (Å²) >= 11 is 12.0. The first-order valence-electron chi connectivity index (χ1n) is 8.99. The summed E-state index contributed by atoms with van der Waals surface area (Å²) in [6.45, 7) is 0. The minimum Gasteiger partial charge on any atom is -0.396 e. The van der Waals surface area contributed by atoms with Gasteiger partial charge in [0.1, 0.15) is 11.2 Å². The minimum atomic E-state index is -0.310. The van der Waals surface area contributed by atoms with Crippen molar-refractivity contribution in [1.82, 2.24) is 19.7 Å². The number of carbonyl (C=O) groups excluding carboxylic acids is 1. The number of halogens is 2. The number of para-hydroxylation sites is 1. The summed E-state index contributed by atoms with van der Waals surface area (Å²) < 4.78 is 1.59. The third-order valence-electron chi connectivity index (χ3n) is 4.44. The highest BCUT2D eigenvalue weighted by molar-refractivity contribution is 6.39. The molecular formula is C20H16Cl2N6O2. The minimum absolute atomic E-state index is 0.0908. The molecule has 2 heterocycles. The predicted molar refractivity (Wildman–Crippen MR) is 117 cm³/mol. The van der Waals surface area contributed by atoms with Crippen molar-refractivity contribution in [2.75, 3.05) is 11.1 Å². The van der Waals surface area contributed by atoms with Crippen LogP contribution in [0.2, 0.25) is 10.0 Å². The van der Waals surface area contributed by atoms with Crippen LogP contribution in [-0.2, 0) is 11.2 Å². The lowest BCUT2D eigenvalue weighted by Crippen LogP contribution is -2.16. The Morgan fingerprint density at radius 3 is 2.57 bits per heavy atom. The van der Waals surface area contributed by atoms with Crippen LogP contribution in [0.25, 0.3) is 16.7 Å². The Morgan fingerprint density at radius 2 is 1.87 bits per heavy atom. The van der Waals surface area contributed by atoms with Gasteiger partial charge >= 0.3 is 0 Å². The van der Waals surface area contributed by atoms with Crippen LogP contribution in [-0.4, -0.2) is 25.7 Å². The van der Waals surface area contributed by atoms with Gasteiger partial charge in [-0.05, 0) is 24.3 Å². The second kappa shape index (κ2) is 8.17. The predicted octanol–water partition coefficient (Wildman–Crippen LogP) is 3.57. The third-order valence-corrected chi connectivity index (χ3v) is 5.06. The quantitative estimate of drug-likeness (QED) is 0.408. The second-order valence-electron chi connectivity index (χ2n) is 6.54. The van der Waals surface area contributed by atoms with Gasteiger partial charge in [0.15, 0.2) is 5.65 Å². The number of carbonyl (C=O) groups is 1. The van der Waals surface area contributed by atoms with Gasteiger partial charge in [0.2, 0.25) is 5.91 Å². The first-order valence-corrected chi connectivity index (χ1v) is 9.74. The lowest BCUT2D eigenvalue weighted by Gasteiger charge is -2.08. The lowest BCUT2D eigenvalue weighted by molar-refractivity contribution is -0.116. The summed E-state index contributed by atoms with van der Waals surface area (Å²) in [6.07, 6.45) is 1.79. The molecule has 0 saturated carbocycles. The number of aromatic amines is 1. The van der Waals surface area contributed by atoms with Crippen LogP contribution in [0.15, 0.2) is 53.5 Å². The van der Waals surface area contributed by atoms with Crippen LogP contribution in [0, 0.1) is 0 Å². The molecule has 10 heteroatoms. The molecule has 0 saturated heterocycles. The number of nitrogens with two attached hydrogens (primary N) is 1. The van der Waals surface area contributed by atoms with Crippen LogP contribution in [0.4, 0.5) is 11.4 Å². The number of fused-ring (bicyclic) bond motifs is 1. The molecule has 0 bridgehead atoms. The molecule has 2 aromatic carbocycles. The Morgan fingerprint density at radius 1 is 1.17 bits per heavy atom. The Bertz CT molecular complexity index is 1280. The van der Waals surface area contributed by atoms with Gasteiger partial charge in [-0.3, -0.25) is 9.59 Å². The summed E-state index contributed by atoms with van der Waals surface area (Å²) in [6, 6.07) is 12.4. The van der Waals surface area contributed by atoms with Crippen LogP contribution in [0.1, 0.15) is 12.2 Å². The second-order valence-corrected chi connectivity index (χ2v) is 7.36. The van der Waals surface area contributed by atoms with Gasteiger partial charge in [-0.15, -0.1) is 0 Å². The number of benzene rings is 2. The van der Waals surface area contributed by atoms with Crippen molar-refractivity contribution in [3.8, 4) is 5.69 Å². The fourth-order valence-corrected chi connectivity index (χ4v) is 3.44. The highest BCUT2D eigenvalue weighted by Gasteiger charge is 2.13. The summed E-state index contributed by atoms with van der Waals surface area (Å²) in [5, 5.41) is 7.85. The Labute approximate surface area is 180 Å². The van der Waals surface area contributed by atoms with E-state index in [0.717, 1.165) is 5.69 Å². The molecule has 4 rings (SSSR count). The van der Waals surface area contributed by atoms with Gasteiger partial charge in [-0.25, -0.2) is 9.67 Å². The van der Waals surface area contributed by atoms with E-state index in [2.05, 4.69) is 20.4 Å². The average Bonchev–Trinajstić information content (AvgIpc) is 3.16. The van der Waals surface area contributed by atoms with E-state index < -0.39 is 0 Å². The molecule has 30 heavy (non-hydrogen) atoms. The molecule has 2 aromatic heterocycles. The summed E-state index contributed by atoms with van der Waals surface area (Å²) in [7, 11) is 0.